The van der Waals surface area contributed by atoms with Crippen LogP contribution < -0.4 is 5.32 Å². The molecule has 1 rings (SSSR count). The summed E-state index contributed by atoms with van der Waals surface area (Å²) in [6.45, 7) is 10.8. The average molecular weight is 273 g/mol. The number of rotatable bonds is 7. The van der Waals surface area contributed by atoms with E-state index in [1.54, 1.807) is 7.11 Å². The first-order valence-corrected chi connectivity index (χ1v) is 7.07. The summed E-state index contributed by atoms with van der Waals surface area (Å²) >= 11 is 0. The van der Waals surface area contributed by atoms with E-state index in [0.29, 0.717) is 25.9 Å². The zero-order valence-corrected chi connectivity index (χ0v) is 13.0. The van der Waals surface area contributed by atoms with Crippen molar-refractivity contribution in [2.24, 2.45) is 0 Å². The van der Waals surface area contributed by atoms with Crippen LogP contribution in [0.4, 0.5) is 0 Å². The Bertz CT molecular complexity index is 251. The number of hydrogen-bond donors (Lipinski definition) is 1. The minimum Gasteiger partial charge on any atom is -0.382 e. The predicted octanol–water partition coefficient (Wildman–Crippen LogP) is 1.61. The van der Waals surface area contributed by atoms with E-state index in [0.717, 1.165) is 19.4 Å². The molecule has 5 nitrogen and oxygen atoms in total. The maximum absolute atomic E-state index is 12.2. The molecule has 0 saturated carbocycles. The summed E-state index contributed by atoms with van der Waals surface area (Å²) in [7, 11) is 1.67. The highest BCUT2D eigenvalue weighted by molar-refractivity contribution is 4.98. The fourth-order valence-electron chi connectivity index (χ4n) is 2.99. The minimum absolute atomic E-state index is 0.309. The van der Waals surface area contributed by atoms with Crippen molar-refractivity contribution in [2.75, 3.05) is 33.5 Å². The van der Waals surface area contributed by atoms with Crippen molar-refractivity contribution in [3.63, 3.8) is 0 Å². The summed E-state index contributed by atoms with van der Waals surface area (Å²) in [6.07, 6.45) is 1.75. The molecule has 0 atom stereocenters. The van der Waals surface area contributed by atoms with Crippen molar-refractivity contribution in [3.05, 3.63) is 0 Å². The van der Waals surface area contributed by atoms with E-state index in [1.807, 2.05) is 27.7 Å². The van der Waals surface area contributed by atoms with Crippen molar-refractivity contribution < 1.29 is 14.7 Å². The smallest absolute Gasteiger partial charge is 0.0700 e. The first kappa shape index (κ1) is 16.9. The van der Waals surface area contributed by atoms with Gasteiger partial charge in [0, 0.05) is 30.8 Å². The molecule has 19 heavy (non-hydrogen) atoms. The van der Waals surface area contributed by atoms with Gasteiger partial charge in [-0.05, 0) is 40.5 Å². The van der Waals surface area contributed by atoms with Crippen molar-refractivity contribution in [2.45, 2.75) is 57.7 Å². The summed E-state index contributed by atoms with van der Waals surface area (Å²) in [5, 5.41) is 17.0. The molecular weight excluding hydrogens is 244 g/mol. The topological polar surface area (TPSA) is 53.6 Å². The Labute approximate surface area is 117 Å². The third-order valence-corrected chi connectivity index (χ3v) is 3.70. The van der Waals surface area contributed by atoms with Gasteiger partial charge in [0.15, 0.2) is 0 Å². The number of hydroxylamine groups is 2. The second-order valence-electron chi connectivity index (χ2n) is 6.58. The molecule has 5 heteroatoms. The monoisotopic (exact) mass is 273 g/mol. The molecule has 0 spiro atoms. The van der Waals surface area contributed by atoms with Crippen LogP contribution in [0.1, 0.15) is 40.5 Å². The number of hydrogen-bond acceptors (Lipinski definition) is 4. The standard InChI is InChI=1S/C14H29N2O3/c1-13(2)10-12(11-14(3,4)16(13)17)15-6-7-19-9-8-18-5/h12,15H,6-11H2,1-5H3. The van der Waals surface area contributed by atoms with Gasteiger partial charge in [0.05, 0.1) is 19.8 Å². The van der Waals surface area contributed by atoms with E-state index in [1.165, 1.54) is 5.06 Å². The van der Waals surface area contributed by atoms with Crippen LogP contribution in [-0.2, 0) is 14.7 Å². The van der Waals surface area contributed by atoms with Gasteiger partial charge in [-0.3, -0.25) is 0 Å². The quantitative estimate of drug-likeness (QED) is 0.716. The predicted molar refractivity (Wildman–Crippen MR) is 74.4 cm³/mol. The second kappa shape index (κ2) is 6.99. The number of nitrogens with zero attached hydrogens (tertiary/aromatic N) is 1. The molecule has 0 amide bonds. The summed E-state index contributed by atoms with van der Waals surface area (Å²) in [4.78, 5) is 0. The Morgan fingerprint density at radius 2 is 1.68 bits per heavy atom. The molecular formula is C14H29N2O3. The van der Waals surface area contributed by atoms with Gasteiger partial charge in [0.2, 0.25) is 0 Å². The highest BCUT2D eigenvalue weighted by Gasteiger charge is 2.45. The van der Waals surface area contributed by atoms with Gasteiger partial charge >= 0.3 is 0 Å². The fourth-order valence-corrected chi connectivity index (χ4v) is 2.99. The fraction of sp³-hybridized carbons (Fsp3) is 1.00. The molecule has 0 aromatic carbocycles. The molecule has 113 valence electrons. The summed E-state index contributed by atoms with van der Waals surface area (Å²) in [5.74, 6) is 0. The van der Waals surface area contributed by atoms with Gasteiger partial charge in [-0.25, -0.2) is 0 Å². The zero-order chi connectivity index (χ0) is 14.5. The number of nitrogens with one attached hydrogen (secondary N) is 1. The van der Waals surface area contributed by atoms with Crippen molar-refractivity contribution in [3.8, 4) is 0 Å². The molecule has 0 aliphatic carbocycles. The molecule has 0 unspecified atom stereocenters. The zero-order valence-electron chi connectivity index (χ0n) is 13.0. The van der Waals surface area contributed by atoms with E-state index >= 15 is 0 Å². The summed E-state index contributed by atoms with van der Waals surface area (Å²) in [6, 6.07) is 0.376. The van der Waals surface area contributed by atoms with Crippen molar-refractivity contribution in [1.82, 2.24) is 10.4 Å². The second-order valence-corrected chi connectivity index (χ2v) is 6.58. The SMILES string of the molecule is COCCOCCNC1CC(C)(C)N([O])C(C)(C)C1. The molecule has 1 saturated heterocycles. The third kappa shape index (κ3) is 5.00. The summed E-state index contributed by atoms with van der Waals surface area (Å²) < 4.78 is 10.3. The minimum atomic E-state index is -0.309. The number of ether oxygens (including phenoxy) is 2. The van der Waals surface area contributed by atoms with E-state index < -0.39 is 0 Å². The lowest BCUT2D eigenvalue weighted by Gasteiger charge is -2.50. The highest BCUT2D eigenvalue weighted by Crippen LogP contribution is 2.36. The molecule has 1 aliphatic rings. The molecule has 1 heterocycles. The van der Waals surface area contributed by atoms with Gasteiger partial charge in [-0.15, -0.1) is 10.3 Å². The van der Waals surface area contributed by atoms with E-state index in [-0.39, 0.29) is 11.1 Å². The molecule has 1 N–H and O–H groups in total. The molecule has 1 radical (unpaired) electrons. The maximum Gasteiger partial charge on any atom is 0.0700 e. The third-order valence-electron chi connectivity index (χ3n) is 3.70. The largest absolute Gasteiger partial charge is 0.382 e. The van der Waals surface area contributed by atoms with E-state index in [9.17, 15) is 5.21 Å². The molecule has 0 aromatic heterocycles. The Morgan fingerprint density at radius 1 is 1.11 bits per heavy atom. The first-order chi connectivity index (χ1) is 8.79. The van der Waals surface area contributed by atoms with E-state index in [4.69, 9.17) is 9.47 Å². The Kier molecular flexibility index (Phi) is 6.20. The van der Waals surface area contributed by atoms with Crippen molar-refractivity contribution in [1.29, 1.82) is 0 Å². The lowest BCUT2D eigenvalue weighted by molar-refractivity contribution is -0.290. The molecule has 0 aromatic rings. The van der Waals surface area contributed by atoms with Crippen LogP contribution >= 0.6 is 0 Å². The van der Waals surface area contributed by atoms with Crippen LogP contribution in [0.25, 0.3) is 0 Å². The van der Waals surface area contributed by atoms with E-state index in [2.05, 4.69) is 5.32 Å². The summed E-state index contributed by atoms with van der Waals surface area (Å²) in [5.41, 5.74) is -0.618. The lowest BCUT2D eigenvalue weighted by atomic mass is 9.79. The normalized spacial score (nSPS) is 23.7. The van der Waals surface area contributed by atoms with Crippen LogP contribution in [-0.4, -0.2) is 55.7 Å². The Balaban J connectivity index is 2.31. The number of piperidine rings is 1. The van der Waals surface area contributed by atoms with Crippen LogP contribution in [0.3, 0.4) is 0 Å². The number of methoxy groups -OCH3 is 1. The Hall–Kier alpha value is -0.200. The highest BCUT2D eigenvalue weighted by atomic mass is 16.5. The van der Waals surface area contributed by atoms with Gasteiger partial charge in [-0.2, -0.15) is 0 Å². The molecule has 0 bridgehead atoms. The van der Waals surface area contributed by atoms with Crippen LogP contribution in [0, 0.1) is 0 Å². The maximum atomic E-state index is 12.2. The van der Waals surface area contributed by atoms with Gasteiger partial charge < -0.3 is 14.8 Å². The van der Waals surface area contributed by atoms with Crippen LogP contribution in [0.15, 0.2) is 0 Å². The van der Waals surface area contributed by atoms with Gasteiger partial charge in [0.25, 0.3) is 0 Å². The van der Waals surface area contributed by atoms with Gasteiger partial charge in [0.1, 0.15) is 0 Å². The van der Waals surface area contributed by atoms with Crippen molar-refractivity contribution >= 4 is 0 Å². The molecule has 1 fully saturated rings. The Morgan fingerprint density at radius 3 is 2.21 bits per heavy atom. The van der Waals surface area contributed by atoms with Crippen LogP contribution in [0.5, 0.6) is 0 Å². The average Bonchev–Trinajstić information content (AvgIpc) is 2.30. The van der Waals surface area contributed by atoms with Gasteiger partial charge in [-0.1, -0.05) is 0 Å². The molecule has 1 aliphatic heterocycles. The lowest BCUT2D eigenvalue weighted by Crippen LogP contribution is -2.62. The first-order valence-electron chi connectivity index (χ1n) is 7.07. The van der Waals surface area contributed by atoms with Crippen LogP contribution in [0.2, 0.25) is 0 Å².